The van der Waals surface area contributed by atoms with Crippen molar-refractivity contribution in [2.45, 2.75) is 50.6 Å². The molecule has 1 aromatic rings. The van der Waals surface area contributed by atoms with Crippen LogP contribution >= 0.6 is 0 Å². The van der Waals surface area contributed by atoms with Crippen LogP contribution < -0.4 is 14.2 Å². The third-order valence-corrected chi connectivity index (χ3v) is 5.99. The highest BCUT2D eigenvalue weighted by Crippen LogP contribution is 2.40. The summed E-state index contributed by atoms with van der Waals surface area (Å²) in [6.45, 7) is 4.85. The number of carbonyl (C=O) groups is 1. The Morgan fingerprint density at radius 2 is 1.58 bits per heavy atom. The molecule has 0 unspecified atom stereocenters. The summed E-state index contributed by atoms with van der Waals surface area (Å²) in [6, 6.07) is 4.34. The molecule has 2 aliphatic rings. The van der Waals surface area contributed by atoms with Crippen LogP contribution in [-0.4, -0.2) is 91.8 Å². The Hall–Kier alpha value is -2.24. The molecule has 3 rings (SSSR count). The zero-order chi connectivity index (χ0) is 24.6. The van der Waals surface area contributed by atoms with Gasteiger partial charge in [0.1, 0.15) is 0 Å². The monoisotopic (exact) mass is 478 g/mol. The van der Waals surface area contributed by atoms with Crippen molar-refractivity contribution in [2.75, 3.05) is 47.5 Å². The molecule has 1 aliphatic carbocycles. The fourth-order valence-electron chi connectivity index (χ4n) is 4.30. The minimum absolute atomic E-state index is 0.152. The molecular weight excluding hydrogens is 445 g/mol. The normalized spacial score (nSPS) is 22.2. The standard InChI is InChI=1S/C20H32N2O4.C2HF3O2/c1-24-18-9-8-15(19(25-2)20(18)26-3)14-21-10-12-22(13-11-21)16-6-4-5-7-17(16)23;3-2(4,5)1(6)7/h8-9,16-17,23H,4-7,10-14H2,1-3H3;(H,6,7)/t16-,17-;/m0./s1. The number of methoxy groups -OCH3 is 3. The minimum Gasteiger partial charge on any atom is -0.493 e. The molecule has 0 bridgehead atoms. The second-order valence-electron chi connectivity index (χ2n) is 8.03. The molecule has 1 aromatic carbocycles. The molecule has 1 saturated heterocycles. The van der Waals surface area contributed by atoms with Gasteiger partial charge in [-0.1, -0.05) is 18.9 Å². The molecule has 8 nitrogen and oxygen atoms in total. The number of aliphatic carboxylic acids is 1. The van der Waals surface area contributed by atoms with E-state index in [1.807, 2.05) is 6.07 Å². The minimum atomic E-state index is -5.08. The van der Waals surface area contributed by atoms with Gasteiger partial charge in [-0.15, -0.1) is 0 Å². The molecular formula is C22H33F3N2O6. The van der Waals surface area contributed by atoms with E-state index in [9.17, 15) is 18.3 Å². The van der Waals surface area contributed by atoms with Gasteiger partial charge >= 0.3 is 12.1 Å². The van der Waals surface area contributed by atoms with Crippen molar-refractivity contribution >= 4 is 5.97 Å². The van der Waals surface area contributed by atoms with Crippen LogP contribution in [0.15, 0.2) is 12.1 Å². The molecule has 1 heterocycles. The molecule has 0 spiro atoms. The highest BCUT2D eigenvalue weighted by Gasteiger charge is 2.38. The lowest BCUT2D eigenvalue weighted by Gasteiger charge is -2.42. The van der Waals surface area contributed by atoms with Crippen LogP contribution in [0.1, 0.15) is 31.2 Å². The van der Waals surface area contributed by atoms with Crippen molar-refractivity contribution in [1.29, 1.82) is 0 Å². The average molecular weight is 479 g/mol. The summed E-state index contributed by atoms with van der Waals surface area (Å²) in [6.07, 6.45) is -0.749. The predicted molar refractivity (Wildman–Crippen MR) is 115 cm³/mol. The van der Waals surface area contributed by atoms with Gasteiger partial charge < -0.3 is 24.4 Å². The first-order valence-electron chi connectivity index (χ1n) is 10.8. The maximum Gasteiger partial charge on any atom is 0.490 e. The second kappa shape index (κ2) is 12.3. The number of halogens is 3. The summed E-state index contributed by atoms with van der Waals surface area (Å²) in [5, 5.41) is 17.4. The lowest BCUT2D eigenvalue weighted by molar-refractivity contribution is -0.192. The van der Waals surface area contributed by atoms with E-state index in [1.54, 1.807) is 21.3 Å². The predicted octanol–water partition coefficient (Wildman–Crippen LogP) is 2.77. The third kappa shape index (κ3) is 7.38. The van der Waals surface area contributed by atoms with Gasteiger partial charge in [0.2, 0.25) is 5.75 Å². The number of piperazine rings is 1. The largest absolute Gasteiger partial charge is 0.493 e. The summed E-state index contributed by atoms with van der Waals surface area (Å²) in [7, 11) is 4.94. The Balaban J connectivity index is 0.000000479. The van der Waals surface area contributed by atoms with Crippen molar-refractivity contribution in [3.05, 3.63) is 17.7 Å². The van der Waals surface area contributed by atoms with Crippen molar-refractivity contribution in [2.24, 2.45) is 0 Å². The number of ether oxygens (including phenoxy) is 3. The van der Waals surface area contributed by atoms with Gasteiger partial charge in [0.05, 0.1) is 27.4 Å². The number of rotatable bonds is 6. The summed E-state index contributed by atoms with van der Waals surface area (Å²) < 4.78 is 48.2. The number of aliphatic hydroxyl groups excluding tert-OH is 1. The van der Waals surface area contributed by atoms with Crippen molar-refractivity contribution in [3.63, 3.8) is 0 Å². The number of carboxylic acids is 1. The topological polar surface area (TPSA) is 91.7 Å². The molecule has 33 heavy (non-hydrogen) atoms. The summed E-state index contributed by atoms with van der Waals surface area (Å²) in [5.41, 5.74) is 1.11. The SMILES string of the molecule is COc1ccc(CN2CCN([C@H]3CCCC[C@@H]3O)CC2)c(OC)c1OC.O=C(O)C(F)(F)F. The molecule has 1 aliphatic heterocycles. The third-order valence-electron chi connectivity index (χ3n) is 5.99. The summed E-state index contributed by atoms with van der Waals surface area (Å²) in [5.74, 6) is -0.676. The van der Waals surface area contributed by atoms with E-state index in [0.29, 0.717) is 17.5 Å². The molecule has 0 radical (unpaired) electrons. The van der Waals surface area contributed by atoms with Crippen LogP contribution in [0.4, 0.5) is 13.2 Å². The zero-order valence-corrected chi connectivity index (χ0v) is 19.2. The lowest BCUT2D eigenvalue weighted by Crippen LogP contribution is -2.54. The molecule has 11 heteroatoms. The van der Waals surface area contributed by atoms with Gasteiger partial charge in [0.25, 0.3) is 0 Å². The maximum atomic E-state index is 10.6. The second-order valence-corrected chi connectivity index (χ2v) is 8.03. The summed E-state index contributed by atoms with van der Waals surface area (Å²) in [4.78, 5) is 13.8. The van der Waals surface area contributed by atoms with E-state index < -0.39 is 12.1 Å². The fraction of sp³-hybridized carbons (Fsp3) is 0.682. The zero-order valence-electron chi connectivity index (χ0n) is 19.2. The number of alkyl halides is 3. The van der Waals surface area contributed by atoms with Crippen LogP contribution in [0.2, 0.25) is 0 Å². The van der Waals surface area contributed by atoms with Crippen LogP contribution in [0.5, 0.6) is 17.2 Å². The highest BCUT2D eigenvalue weighted by atomic mass is 19.4. The Labute approximate surface area is 191 Å². The molecule has 2 fully saturated rings. The van der Waals surface area contributed by atoms with Gasteiger partial charge in [-0.2, -0.15) is 13.2 Å². The number of benzene rings is 1. The van der Waals surface area contributed by atoms with E-state index in [0.717, 1.165) is 63.3 Å². The van der Waals surface area contributed by atoms with Crippen LogP contribution in [0, 0.1) is 0 Å². The van der Waals surface area contributed by atoms with Crippen LogP contribution in [-0.2, 0) is 11.3 Å². The van der Waals surface area contributed by atoms with Gasteiger partial charge in [-0.05, 0) is 18.9 Å². The van der Waals surface area contributed by atoms with E-state index in [2.05, 4.69) is 15.9 Å². The number of aliphatic hydroxyl groups is 1. The van der Waals surface area contributed by atoms with Gasteiger partial charge in [0, 0.05) is 44.3 Å². The molecule has 0 amide bonds. The number of carboxylic acid groups (broad SMARTS) is 1. The number of hydrogen-bond acceptors (Lipinski definition) is 7. The van der Waals surface area contributed by atoms with Crippen LogP contribution in [0.25, 0.3) is 0 Å². The first-order chi connectivity index (χ1) is 15.6. The fourth-order valence-corrected chi connectivity index (χ4v) is 4.30. The van der Waals surface area contributed by atoms with E-state index in [-0.39, 0.29) is 6.10 Å². The molecule has 188 valence electrons. The van der Waals surface area contributed by atoms with Crippen LogP contribution in [0.3, 0.4) is 0 Å². The summed E-state index contributed by atoms with van der Waals surface area (Å²) >= 11 is 0. The van der Waals surface area contributed by atoms with Gasteiger partial charge in [0.15, 0.2) is 11.5 Å². The highest BCUT2D eigenvalue weighted by molar-refractivity contribution is 5.73. The quantitative estimate of drug-likeness (QED) is 0.645. The molecule has 2 N–H and O–H groups in total. The Bertz CT molecular complexity index is 769. The Kier molecular flexibility index (Phi) is 10.1. The number of hydrogen-bond donors (Lipinski definition) is 2. The maximum absolute atomic E-state index is 10.6. The van der Waals surface area contributed by atoms with Crippen molar-refractivity contribution < 1.29 is 42.4 Å². The van der Waals surface area contributed by atoms with Gasteiger partial charge in [-0.25, -0.2) is 4.79 Å². The molecule has 2 atom stereocenters. The molecule has 0 aromatic heterocycles. The van der Waals surface area contributed by atoms with Gasteiger partial charge in [-0.3, -0.25) is 9.80 Å². The van der Waals surface area contributed by atoms with Crippen molar-refractivity contribution in [3.8, 4) is 17.2 Å². The van der Waals surface area contributed by atoms with E-state index in [1.165, 1.54) is 6.42 Å². The lowest BCUT2D eigenvalue weighted by atomic mass is 9.91. The van der Waals surface area contributed by atoms with E-state index >= 15 is 0 Å². The Morgan fingerprint density at radius 1 is 1.00 bits per heavy atom. The smallest absolute Gasteiger partial charge is 0.490 e. The van der Waals surface area contributed by atoms with Crippen molar-refractivity contribution in [1.82, 2.24) is 9.80 Å². The molecule has 1 saturated carbocycles. The first kappa shape index (κ1) is 27.0. The number of nitrogens with zero attached hydrogens (tertiary/aromatic N) is 2. The average Bonchev–Trinajstić information content (AvgIpc) is 2.79. The first-order valence-corrected chi connectivity index (χ1v) is 10.8. The van der Waals surface area contributed by atoms with E-state index in [4.69, 9.17) is 24.1 Å². The Morgan fingerprint density at radius 3 is 2.06 bits per heavy atom.